The number of rotatable bonds is 3. The molecule has 0 aliphatic carbocycles. The summed E-state index contributed by atoms with van der Waals surface area (Å²) >= 11 is 0. The molecule has 5 nitrogen and oxygen atoms in total. The number of amides is 1. The fraction of sp³-hybridized carbons (Fsp3) is 0.250. The number of hydrogen-bond donors (Lipinski definition) is 1. The molecule has 1 aliphatic heterocycles. The molecule has 25 heavy (non-hydrogen) atoms. The second kappa shape index (κ2) is 6.89. The molecular formula is C20H20N4O. The lowest BCUT2D eigenvalue weighted by Gasteiger charge is -2.36. The number of aromatic nitrogens is 3. The number of carbonyl (C=O) groups excluding carboxylic acids is 1. The van der Waals surface area contributed by atoms with Gasteiger partial charge in [0.25, 0.3) is 5.91 Å². The third-order valence-electron chi connectivity index (χ3n) is 4.78. The SMILES string of the molecule is O=C(c1ccc(-c2ccn[nH]2)cc1)N1CCCC[C@@H]1c1cccnc1. The Kier molecular flexibility index (Phi) is 4.29. The van der Waals surface area contributed by atoms with E-state index in [-0.39, 0.29) is 11.9 Å². The molecule has 2 aromatic heterocycles. The van der Waals surface area contributed by atoms with Crippen LogP contribution in [0.2, 0.25) is 0 Å². The fourth-order valence-electron chi connectivity index (χ4n) is 3.47. The third kappa shape index (κ3) is 3.18. The molecule has 1 saturated heterocycles. The van der Waals surface area contributed by atoms with Crippen molar-refractivity contribution in [2.75, 3.05) is 6.54 Å². The van der Waals surface area contributed by atoms with Crippen LogP contribution >= 0.6 is 0 Å². The lowest BCUT2D eigenvalue weighted by Crippen LogP contribution is -2.38. The zero-order chi connectivity index (χ0) is 17.1. The van der Waals surface area contributed by atoms with Crippen molar-refractivity contribution in [2.24, 2.45) is 0 Å². The fourth-order valence-corrected chi connectivity index (χ4v) is 3.47. The highest BCUT2D eigenvalue weighted by atomic mass is 16.2. The van der Waals surface area contributed by atoms with Crippen LogP contribution in [0, 0.1) is 0 Å². The van der Waals surface area contributed by atoms with E-state index in [1.165, 1.54) is 0 Å². The van der Waals surface area contributed by atoms with Crippen molar-refractivity contribution in [1.29, 1.82) is 0 Å². The molecule has 0 spiro atoms. The molecule has 1 aliphatic rings. The average Bonchev–Trinajstić information content (AvgIpc) is 3.23. The molecule has 3 aromatic rings. The largest absolute Gasteiger partial charge is 0.332 e. The van der Waals surface area contributed by atoms with Crippen LogP contribution in [0.1, 0.15) is 41.2 Å². The molecule has 0 bridgehead atoms. The quantitative estimate of drug-likeness (QED) is 0.792. The first-order valence-electron chi connectivity index (χ1n) is 8.63. The molecule has 1 aromatic carbocycles. The summed E-state index contributed by atoms with van der Waals surface area (Å²) in [6.07, 6.45) is 8.55. The Bertz CT molecular complexity index is 828. The van der Waals surface area contributed by atoms with Gasteiger partial charge in [0.05, 0.1) is 11.7 Å². The molecule has 0 saturated carbocycles. The smallest absolute Gasteiger partial charge is 0.254 e. The summed E-state index contributed by atoms with van der Waals surface area (Å²) in [5, 5.41) is 6.91. The van der Waals surface area contributed by atoms with E-state index in [1.54, 1.807) is 12.4 Å². The molecule has 1 fully saturated rings. The Morgan fingerprint density at radius 1 is 1.08 bits per heavy atom. The molecule has 1 atom stereocenters. The molecule has 0 unspecified atom stereocenters. The number of piperidine rings is 1. The maximum Gasteiger partial charge on any atom is 0.254 e. The summed E-state index contributed by atoms with van der Waals surface area (Å²) in [6, 6.07) is 13.7. The van der Waals surface area contributed by atoms with Gasteiger partial charge in [-0.1, -0.05) is 18.2 Å². The minimum absolute atomic E-state index is 0.0877. The lowest BCUT2D eigenvalue weighted by molar-refractivity contribution is 0.0611. The molecule has 5 heteroatoms. The van der Waals surface area contributed by atoms with Crippen molar-refractivity contribution in [3.63, 3.8) is 0 Å². The number of nitrogens with one attached hydrogen (secondary N) is 1. The van der Waals surface area contributed by atoms with E-state index < -0.39 is 0 Å². The van der Waals surface area contributed by atoms with E-state index in [9.17, 15) is 4.79 Å². The summed E-state index contributed by atoms with van der Waals surface area (Å²) in [4.78, 5) is 19.3. The van der Waals surface area contributed by atoms with Crippen molar-refractivity contribution in [3.05, 3.63) is 72.2 Å². The van der Waals surface area contributed by atoms with Crippen LogP contribution in [0.15, 0.2) is 61.1 Å². The van der Waals surface area contributed by atoms with E-state index in [0.29, 0.717) is 0 Å². The van der Waals surface area contributed by atoms with Gasteiger partial charge in [-0.25, -0.2) is 0 Å². The minimum atomic E-state index is 0.0877. The van der Waals surface area contributed by atoms with Gasteiger partial charge in [-0.2, -0.15) is 5.10 Å². The first kappa shape index (κ1) is 15.6. The minimum Gasteiger partial charge on any atom is -0.332 e. The van der Waals surface area contributed by atoms with Crippen LogP contribution in [0.25, 0.3) is 11.3 Å². The third-order valence-corrected chi connectivity index (χ3v) is 4.78. The van der Waals surface area contributed by atoms with Gasteiger partial charge in [-0.15, -0.1) is 0 Å². The number of hydrogen-bond acceptors (Lipinski definition) is 3. The Labute approximate surface area is 146 Å². The van der Waals surface area contributed by atoms with E-state index in [1.807, 2.05) is 47.5 Å². The van der Waals surface area contributed by atoms with Crippen LogP contribution in [-0.2, 0) is 0 Å². The first-order chi connectivity index (χ1) is 12.3. The van der Waals surface area contributed by atoms with Gasteiger partial charge in [0.15, 0.2) is 0 Å². The monoisotopic (exact) mass is 332 g/mol. The molecule has 1 amide bonds. The maximum absolute atomic E-state index is 13.1. The highest BCUT2D eigenvalue weighted by molar-refractivity contribution is 5.95. The molecule has 1 N–H and O–H groups in total. The van der Waals surface area contributed by atoms with E-state index >= 15 is 0 Å². The van der Waals surface area contributed by atoms with E-state index in [0.717, 1.165) is 48.2 Å². The van der Waals surface area contributed by atoms with Crippen LogP contribution in [-0.4, -0.2) is 32.5 Å². The normalized spacial score (nSPS) is 17.4. The Hall–Kier alpha value is -2.95. The number of H-pyrrole nitrogens is 1. The Morgan fingerprint density at radius 2 is 1.96 bits per heavy atom. The highest BCUT2D eigenvalue weighted by Gasteiger charge is 2.28. The van der Waals surface area contributed by atoms with Gasteiger partial charge in [0, 0.05) is 30.7 Å². The summed E-state index contributed by atoms with van der Waals surface area (Å²) < 4.78 is 0. The molecule has 126 valence electrons. The van der Waals surface area contributed by atoms with Gasteiger partial charge in [-0.3, -0.25) is 14.9 Å². The van der Waals surface area contributed by atoms with E-state index in [2.05, 4.69) is 21.2 Å². The van der Waals surface area contributed by atoms with Crippen molar-refractivity contribution in [3.8, 4) is 11.3 Å². The number of likely N-dealkylation sites (tertiary alicyclic amines) is 1. The van der Waals surface area contributed by atoms with Gasteiger partial charge in [-0.05, 0) is 54.7 Å². The first-order valence-corrected chi connectivity index (χ1v) is 8.63. The highest BCUT2D eigenvalue weighted by Crippen LogP contribution is 2.32. The second-order valence-corrected chi connectivity index (χ2v) is 6.34. The lowest BCUT2D eigenvalue weighted by atomic mass is 9.95. The number of benzene rings is 1. The number of pyridine rings is 1. The zero-order valence-electron chi connectivity index (χ0n) is 13.9. The molecule has 4 rings (SSSR count). The number of carbonyl (C=O) groups is 1. The molecule has 3 heterocycles. The predicted octanol–water partition coefficient (Wildman–Crippen LogP) is 3.84. The summed E-state index contributed by atoms with van der Waals surface area (Å²) in [5.74, 6) is 0.0877. The Morgan fingerprint density at radius 3 is 2.68 bits per heavy atom. The van der Waals surface area contributed by atoms with Gasteiger partial charge in [0.1, 0.15) is 0 Å². The summed E-state index contributed by atoms with van der Waals surface area (Å²) in [6.45, 7) is 0.792. The standard InChI is InChI=1S/C20H20N4O/c25-20(16-8-6-15(7-9-16)18-10-12-22-23-18)24-13-2-1-5-19(24)17-4-3-11-21-14-17/h3-4,6-12,14,19H,1-2,5,13H2,(H,22,23)/t19-/m1/s1. The maximum atomic E-state index is 13.1. The Balaban J connectivity index is 1.58. The van der Waals surface area contributed by atoms with Gasteiger partial charge in [0.2, 0.25) is 0 Å². The van der Waals surface area contributed by atoms with Crippen LogP contribution in [0.5, 0.6) is 0 Å². The van der Waals surface area contributed by atoms with Crippen LogP contribution in [0.4, 0.5) is 0 Å². The zero-order valence-corrected chi connectivity index (χ0v) is 13.9. The van der Waals surface area contributed by atoms with Crippen molar-refractivity contribution < 1.29 is 4.79 Å². The topological polar surface area (TPSA) is 61.9 Å². The molecule has 0 radical (unpaired) electrons. The van der Waals surface area contributed by atoms with Gasteiger partial charge >= 0.3 is 0 Å². The van der Waals surface area contributed by atoms with E-state index in [4.69, 9.17) is 0 Å². The molecular weight excluding hydrogens is 312 g/mol. The van der Waals surface area contributed by atoms with Gasteiger partial charge < -0.3 is 4.90 Å². The summed E-state index contributed by atoms with van der Waals surface area (Å²) in [7, 11) is 0. The second-order valence-electron chi connectivity index (χ2n) is 6.34. The number of aromatic amines is 1. The predicted molar refractivity (Wildman–Crippen MR) is 95.9 cm³/mol. The van der Waals surface area contributed by atoms with Crippen LogP contribution in [0.3, 0.4) is 0 Å². The van der Waals surface area contributed by atoms with Crippen molar-refractivity contribution in [1.82, 2.24) is 20.1 Å². The summed E-state index contributed by atoms with van der Waals surface area (Å²) in [5.41, 5.74) is 3.81. The number of nitrogens with zero attached hydrogens (tertiary/aromatic N) is 3. The average molecular weight is 332 g/mol. The van der Waals surface area contributed by atoms with Crippen molar-refractivity contribution >= 4 is 5.91 Å². The van der Waals surface area contributed by atoms with Crippen LogP contribution < -0.4 is 0 Å². The van der Waals surface area contributed by atoms with Crippen molar-refractivity contribution in [2.45, 2.75) is 25.3 Å².